The lowest BCUT2D eigenvalue weighted by molar-refractivity contribution is -0.141. The van der Waals surface area contributed by atoms with Gasteiger partial charge in [-0.2, -0.15) is 0 Å². The highest BCUT2D eigenvalue weighted by molar-refractivity contribution is 6.05. The molecule has 4 heteroatoms. The van der Waals surface area contributed by atoms with Crippen LogP contribution in [0, 0.1) is 28.6 Å². The van der Waals surface area contributed by atoms with E-state index in [1.807, 2.05) is 24.1 Å². The van der Waals surface area contributed by atoms with Gasteiger partial charge in [-0.3, -0.25) is 14.6 Å². The Labute approximate surface area is 173 Å². The molecule has 4 aliphatic rings. The lowest BCUT2D eigenvalue weighted by Crippen LogP contribution is -2.59. The number of likely N-dealkylation sites (N-methyl/N-ethyl adjacent to an activating group) is 1. The van der Waals surface area contributed by atoms with Crippen LogP contribution in [0.1, 0.15) is 51.5 Å². The number of aromatic nitrogens is 1. The van der Waals surface area contributed by atoms with Gasteiger partial charge < -0.3 is 4.90 Å². The van der Waals surface area contributed by atoms with Crippen molar-refractivity contribution in [1.29, 1.82) is 0 Å². The van der Waals surface area contributed by atoms with Crippen molar-refractivity contribution < 1.29 is 9.59 Å². The number of rotatable bonds is 1. The molecule has 4 nitrogen and oxygen atoms in total. The average molecular weight is 391 g/mol. The first kappa shape index (κ1) is 18.8. The molecule has 0 aromatic carbocycles. The first-order valence-electron chi connectivity index (χ1n) is 11.0. The van der Waals surface area contributed by atoms with E-state index in [1.54, 1.807) is 18.5 Å². The van der Waals surface area contributed by atoms with E-state index in [4.69, 9.17) is 0 Å². The molecule has 29 heavy (non-hydrogen) atoms. The summed E-state index contributed by atoms with van der Waals surface area (Å²) in [6.07, 6.45) is 14.7. The SMILES string of the molecule is CN1C(=O)C=C[C@]2(C)[C@H]3CC[C@]4(C)C(=O)/C(=C/c5ccncc5)C[C@H]4[C@@H]3CC[C@@H]12. The molecule has 0 spiro atoms. The molecule has 0 bridgehead atoms. The smallest absolute Gasteiger partial charge is 0.246 e. The minimum absolute atomic E-state index is 0.0214. The number of nitrogens with zero attached hydrogens (tertiary/aromatic N) is 2. The van der Waals surface area contributed by atoms with Gasteiger partial charge in [-0.05, 0) is 85.3 Å². The first-order chi connectivity index (χ1) is 13.8. The molecule has 1 aromatic heterocycles. The van der Waals surface area contributed by atoms with Crippen LogP contribution in [-0.2, 0) is 9.59 Å². The molecule has 2 heterocycles. The van der Waals surface area contributed by atoms with E-state index in [0.717, 1.165) is 43.2 Å². The molecule has 3 aliphatic carbocycles. The molecule has 0 unspecified atom stereocenters. The number of ketones is 1. The van der Waals surface area contributed by atoms with Crippen LogP contribution in [0.5, 0.6) is 0 Å². The Morgan fingerprint density at radius 3 is 2.62 bits per heavy atom. The fourth-order valence-corrected chi connectivity index (χ4v) is 7.20. The summed E-state index contributed by atoms with van der Waals surface area (Å²) < 4.78 is 0. The highest BCUT2D eigenvalue weighted by Crippen LogP contribution is 2.63. The fraction of sp³-hybridized carbons (Fsp3) is 0.560. The van der Waals surface area contributed by atoms with Crippen molar-refractivity contribution in [3.05, 3.63) is 47.8 Å². The highest BCUT2D eigenvalue weighted by Gasteiger charge is 2.61. The normalized spacial score (nSPS) is 42.6. The number of hydrogen-bond acceptors (Lipinski definition) is 3. The van der Waals surface area contributed by atoms with Crippen molar-refractivity contribution in [3.63, 3.8) is 0 Å². The third-order valence-electron chi connectivity index (χ3n) is 8.81. The van der Waals surface area contributed by atoms with Gasteiger partial charge in [0.2, 0.25) is 5.91 Å². The molecule has 3 fully saturated rings. The standard InChI is InChI=1S/C25H30N2O2/c1-24-11-7-22(28)27(3)21(24)5-4-18-19(24)6-10-25(2)20(18)15-17(23(25)29)14-16-8-12-26-13-9-16/h7-9,11-14,18-21H,4-6,10,15H2,1-3H3/b17-14+/t18-,19+,20+,21-,24-,25+/m1/s1. The minimum atomic E-state index is -0.233. The van der Waals surface area contributed by atoms with Crippen molar-refractivity contribution in [2.24, 2.45) is 28.6 Å². The van der Waals surface area contributed by atoms with Gasteiger partial charge in [0.05, 0.1) is 0 Å². The predicted octanol–water partition coefficient (Wildman–Crippen LogP) is 4.28. The monoisotopic (exact) mass is 390 g/mol. The van der Waals surface area contributed by atoms with E-state index in [9.17, 15) is 9.59 Å². The van der Waals surface area contributed by atoms with E-state index in [0.29, 0.717) is 23.5 Å². The van der Waals surface area contributed by atoms with Crippen molar-refractivity contribution in [1.82, 2.24) is 9.88 Å². The Morgan fingerprint density at radius 2 is 1.86 bits per heavy atom. The number of fused-ring (bicyclic) bond motifs is 5. The van der Waals surface area contributed by atoms with Crippen LogP contribution in [0.4, 0.5) is 0 Å². The fourth-order valence-electron chi connectivity index (χ4n) is 7.20. The van der Waals surface area contributed by atoms with Gasteiger partial charge in [0.15, 0.2) is 5.78 Å². The van der Waals surface area contributed by atoms with Crippen LogP contribution < -0.4 is 0 Å². The second-order valence-corrected chi connectivity index (χ2v) is 10.1. The Balaban J connectivity index is 1.49. The summed E-state index contributed by atoms with van der Waals surface area (Å²) in [4.78, 5) is 31.7. The number of carbonyl (C=O) groups excluding carboxylic acids is 2. The van der Waals surface area contributed by atoms with Crippen LogP contribution in [0.2, 0.25) is 0 Å². The first-order valence-corrected chi connectivity index (χ1v) is 11.0. The summed E-state index contributed by atoms with van der Waals surface area (Å²) in [5, 5.41) is 0. The van der Waals surface area contributed by atoms with Gasteiger partial charge in [0.1, 0.15) is 0 Å². The average Bonchev–Trinajstić information content (AvgIpc) is 2.97. The van der Waals surface area contributed by atoms with Gasteiger partial charge >= 0.3 is 0 Å². The summed E-state index contributed by atoms with van der Waals surface area (Å²) in [6.45, 7) is 4.56. The number of allylic oxidation sites excluding steroid dienone is 1. The van der Waals surface area contributed by atoms with Gasteiger partial charge in [-0.15, -0.1) is 0 Å². The van der Waals surface area contributed by atoms with E-state index in [-0.39, 0.29) is 22.8 Å². The lowest BCUT2D eigenvalue weighted by Gasteiger charge is -2.59. The van der Waals surface area contributed by atoms with Crippen molar-refractivity contribution >= 4 is 17.8 Å². The van der Waals surface area contributed by atoms with Crippen molar-refractivity contribution in [2.45, 2.75) is 52.0 Å². The third-order valence-corrected chi connectivity index (χ3v) is 8.81. The van der Waals surface area contributed by atoms with E-state index in [1.165, 1.54) is 0 Å². The Kier molecular flexibility index (Phi) is 4.13. The van der Waals surface area contributed by atoms with Gasteiger partial charge in [0.25, 0.3) is 0 Å². The van der Waals surface area contributed by atoms with Crippen LogP contribution in [0.25, 0.3) is 6.08 Å². The van der Waals surface area contributed by atoms with Crippen LogP contribution in [-0.4, -0.2) is 34.7 Å². The number of carbonyl (C=O) groups is 2. The molecule has 0 saturated heterocycles. The number of hydrogen-bond donors (Lipinski definition) is 0. The summed E-state index contributed by atoms with van der Waals surface area (Å²) >= 11 is 0. The molecule has 3 saturated carbocycles. The maximum Gasteiger partial charge on any atom is 0.246 e. The molecule has 1 aromatic rings. The maximum absolute atomic E-state index is 13.4. The summed E-state index contributed by atoms with van der Waals surface area (Å²) in [7, 11) is 1.96. The van der Waals surface area contributed by atoms with Gasteiger partial charge in [-0.1, -0.05) is 19.9 Å². The number of amides is 1. The van der Waals surface area contributed by atoms with Crippen molar-refractivity contribution in [2.75, 3.05) is 7.05 Å². The minimum Gasteiger partial charge on any atom is -0.338 e. The number of pyridine rings is 1. The second-order valence-electron chi connectivity index (χ2n) is 10.1. The summed E-state index contributed by atoms with van der Waals surface area (Å²) in [6, 6.07) is 4.23. The van der Waals surface area contributed by atoms with Crippen LogP contribution in [0.3, 0.4) is 0 Å². The van der Waals surface area contributed by atoms with E-state index < -0.39 is 0 Å². The molecule has 0 N–H and O–H groups in total. The summed E-state index contributed by atoms with van der Waals surface area (Å²) in [5.74, 6) is 1.99. The zero-order valence-corrected chi connectivity index (χ0v) is 17.6. The zero-order valence-electron chi connectivity index (χ0n) is 17.6. The van der Waals surface area contributed by atoms with Crippen molar-refractivity contribution in [3.8, 4) is 0 Å². The zero-order chi connectivity index (χ0) is 20.4. The van der Waals surface area contributed by atoms with Gasteiger partial charge in [-0.25, -0.2) is 0 Å². The molecule has 0 radical (unpaired) electrons. The van der Waals surface area contributed by atoms with Gasteiger partial charge in [0, 0.05) is 36.3 Å². The Morgan fingerprint density at radius 1 is 1.10 bits per heavy atom. The molecule has 152 valence electrons. The van der Waals surface area contributed by atoms with Crippen LogP contribution in [0.15, 0.2) is 42.3 Å². The van der Waals surface area contributed by atoms with Crippen LogP contribution >= 0.6 is 0 Å². The highest BCUT2D eigenvalue weighted by atomic mass is 16.2. The second kappa shape index (κ2) is 6.38. The molecular weight excluding hydrogens is 360 g/mol. The largest absolute Gasteiger partial charge is 0.338 e. The molecule has 1 aliphatic heterocycles. The Hall–Kier alpha value is -2.23. The topological polar surface area (TPSA) is 50.3 Å². The third kappa shape index (κ3) is 2.60. The molecule has 5 rings (SSSR count). The number of Topliss-reactive ketones (excluding diaryl/α,β-unsaturated/α-hetero) is 1. The maximum atomic E-state index is 13.4. The predicted molar refractivity (Wildman–Crippen MR) is 113 cm³/mol. The lowest BCUT2D eigenvalue weighted by atomic mass is 9.48. The van der Waals surface area contributed by atoms with E-state index in [2.05, 4.69) is 31.0 Å². The van der Waals surface area contributed by atoms with E-state index >= 15 is 0 Å². The molecule has 6 atom stereocenters. The Bertz CT molecular complexity index is 920. The summed E-state index contributed by atoms with van der Waals surface area (Å²) in [5.41, 5.74) is 1.84. The molecular formula is C25H30N2O2. The molecule has 1 amide bonds. The quantitative estimate of drug-likeness (QED) is 0.673.